The number of aliphatic imine (C=N–C) groups is 1. The molecule has 2 aliphatic rings. The van der Waals surface area contributed by atoms with Gasteiger partial charge in [-0.1, -0.05) is 30.3 Å². The topological polar surface area (TPSA) is 58.1 Å². The van der Waals surface area contributed by atoms with Gasteiger partial charge in [0.05, 0.1) is 6.10 Å². The molecule has 6 nitrogen and oxygen atoms in total. The summed E-state index contributed by atoms with van der Waals surface area (Å²) in [4.78, 5) is 6.94. The van der Waals surface area contributed by atoms with Crippen molar-refractivity contribution in [3.63, 3.8) is 0 Å². The second-order valence-electron chi connectivity index (χ2n) is 7.67. The fourth-order valence-corrected chi connectivity index (χ4v) is 3.96. The predicted octanol–water partition coefficient (Wildman–Crippen LogP) is 2.40. The van der Waals surface area contributed by atoms with Crippen molar-refractivity contribution in [2.24, 2.45) is 4.99 Å². The molecule has 1 unspecified atom stereocenters. The zero-order valence-corrected chi connectivity index (χ0v) is 17.2. The van der Waals surface area contributed by atoms with E-state index in [1.807, 2.05) is 7.05 Å². The van der Waals surface area contributed by atoms with Crippen molar-refractivity contribution in [1.29, 1.82) is 0 Å². The van der Waals surface area contributed by atoms with Gasteiger partial charge < -0.3 is 20.1 Å². The highest BCUT2D eigenvalue weighted by atomic mass is 16.5. The second kappa shape index (κ2) is 12.0. The SMILES string of the molecule is CN=C(NCCCOC1CCOCC1)NCC1CCCN1Cc1ccccc1. The first-order valence-electron chi connectivity index (χ1n) is 10.8. The molecule has 6 heteroatoms. The Morgan fingerprint density at radius 1 is 1.18 bits per heavy atom. The summed E-state index contributed by atoms with van der Waals surface area (Å²) in [6, 6.07) is 11.3. The summed E-state index contributed by atoms with van der Waals surface area (Å²) in [6.45, 7) is 6.48. The fraction of sp³-hybridized carbons (Fsp3) is 0.682. The van der Waals surface area contributed by atoms with Gasteiger partial charge in [-0.3, -0.25) is 9.89 Å². The Morgan fingerprint density at radius 2 is 2.00 bits per heavy atom. The Hall–Kier alpha value is -1.63. The molecule has 2 saturated heterocycles. The molecule has 1 atom stereocenters. The van der Waals surface area contributed by atoms with Crippen molar-refractivity contribution < 1.29 is 9.47 Å². The van der Waals surface area contributed by atoms with Gasteiger partial charge in [0.15, 0.2) is 5.96 Å². The molecule has 156 valence electrons. The molecule has 0 radical (unpaired) electrons. The van der Waals surface area contributed by atoms with Gasteiger partial charge in [-0.15, -0.1) is 0 Å². The highest BCUT2D eigenvalue weighted by molar-refractivity contribution is 5.79. The van der Waals surface area contributed by atoms with Gasteiger partial charge >= 0.3 is 0 Å². The van der Waals surface area contributed by atoms with Crippen molar-refractivity contribution >= 4 is 5.96 Å². The van der Waals surface area contributed by atoms with E-state index in [9.17, 15) is 0 Å². The van der Waals surface area contributed by atoms with Crippen LogP contribution in [0.3, 0.4) is 0 Å². The number of benzene rings is 1. The molecule has 2 heterocycles. The lowest BCUT2D eigenvalue weighted by Crippen LogP contribution is -2.45. The lowest BCUT2D eigenvalue weighted by atomic mass is 10.1. The van der Waals surface area contributed by atoms with Gasteiger partial charge in [0, 0.05) is 52.5 Å². The van der Waals surface area contributed by atoms with Crippen LogP contribution in [0, 0.1) is 0 Å². The number of hydrogen-bond donors (Lipinski definition) is 2. The van der Waals surface area contributed by atoms with E-state index in [2.05, 4.69) is 50.9 Å². The molecule has 2 aliphatic heterocycles. The monoisotopic (exact) mass is 388 g/mol. The summed E-state index contributed by atoms with van der Waals surface area (Å²) < 4.78 is 11.3. The zero-order valence-electron chi connectivity index (χ0n) is 17.2. The van der Waals surface area contributed by atoms with Crippen LogP contribution in [0.5, 0.6) is 0 Å². The summed E-state index contributed by atoms with van der Waals surface area (Å²) >= 11 is 0. The molecule has 1 aromatic carbocycles. The molecular formula is C22H36N4O2. The molecule has 2 fully saturated rings. The maximum Gasteiger partial charge on any atom is 0.191 e. The predicted molar refractivity (Wildman–Crippen MR) is 114 cm³/mol. The second-order valence-corrected chi connectivity index (χ2v) is 7.67. The summed E-state index contributed by atoms with van der Waals surface area (Å²) in [7, 11) is 1.84. The molecule has 0 bridgehead atoms. The minimum Gasteiger partial charge on any atom is -0.381 e. The molecule has 0 saturated carbocycles. The highest BCUT2D eigenvalue weighted by Crippen LogP contribution is 2.19. The molecule has 2 N–H and O–H groups in total. The van der Waals surface area contributed by atoms with Gasteiger partial charge in [-0.05, 0) is 44.2 Å². The Morgan fingerprint density at radius 3 is 2.79 bits per heavy atom. The lowest BCUT2D eigenvalue weighted by Gasteiger charge is -2.25. The molecule has 0 spiro atoms. The molecule has 1 aromatic rings. The van der Waals surface area contributed by atoms with E-state index in [1.165, 1.54) is 24.9 Å². The number of rotatable bonds is 9. The Kier molecular flexibility index (Phi) is 9.07. The fourth-order valence-electron chi connectivity index (χ4n) is 3.96. The van der Waals surface area contributed by atoms with E-state index in [0.717, 1.165) is 64.7 Å². The average molecular weight is 389 g/mol. The largest absolute Gasteiger partial charge is 0.381 e. The number of nitrogens with zero attached hydrogens (tertiary/aromatic N) is 2. The van der Waals surface area contributed by atoms with Gasteiger partial charge in [-0.2, -0.15) is 0 Å². The van der Waals surface area contributed by atoms with Crippen LogP contribution in [0.2, 0.25) is 0 Å². The zero-order chi connectivity index (χ0) is 19.4. The first kappa shape index (κ1) is 21.1. The molecule has 0 amide bonds. The third-order valence-electron chi connectivity index (χ3n) is 5.59. The van der Waals surface area contributed by atoms with Crippen LogP contribution >= 0.6 is 0 Å². The summed E-state index contributed by atoms with van der Waals surface area (Å²) in [6.07, 6.45) is 5.94. The van der Waals surface area contributed by atoms with Gasteiger partial charge in [0.25, 0.3) is 0 Å². The Balaban J connectivity index is 1.30. The van der Waals surface area contributed by atoms with E-state index < -0.39 is 0 Å². The van der Waals surface area contributed by atoms with Crippen LogP contribution in [0.25, 0.3) is 0 Å². The third-order valence-corrected chi connectivity index (χ3v) is 5.59. The van der Waals surface area contributed by atoms with Crippen LogP contribution < -0.4 is 10.6 Å². The van der Waals surface area contributed by atoms with E-state index in [1.54, 1.807) is 0 Å². The van der Waals surface area contributed by atoms with Crippen LogP contribution in [-0.4, -0.2) is 69.5 Å². The van der Waals surface area contributed by atoms with E-state index in [4.69, 9.17) is 9.47 Å². The van der Waals surface area contributed by atoms with Crippen molar-refractivity contribution in [2.75, 3.05) is 46.5 Å². The summed E-state index contributed by atoms with van der Waals surface area (Å²) in [5, 5.41) is 6.92. The van der Waals surface area contributed by atoms with Crippen molar-refractivity contribution in [2.45, 2.75) is 50.8 Å². The molecule has 28 heavy (non-hydrogen) atoms. The normalized spacial score (nSPS) is 21.8. The van der Waals surface area contributed by atoms with Crippen molar-refractivity contribution in [1.82, 2.24) is 15.5 Å². The number of guanidine groups is 1. The molecule has 3 rings (SSSR count). The third kappa shape index (κ3) is 7.08. The van der Waals surface area contributed by atoms with E-state index in [-0.39, 0.29) is 0 Å². The summed E-state index contributed by atoms with van der Waals surface area (Å²) in [5.41, 5.74) is 1.39. The first-order valence-corrected chi connectivity index (χ1v) is 10.8. The smallest absolute Gasteiger partial charge is 0.191 e. The van der Waals surface area contributed by atoms with Crippen LogP contribution in [-0.2, 0) is 16.0 Å². The van der Waals surface area contributed by atoms with Gasteiger partial charge in [-0.25, -0.2) is 0 Å². The van der Waals surface area contributed by atoms with E-state index >= 15 is 0 Å². The number of likely N-dealkylation sites (tertiary alicyclic amines) is 1. The maximum atomic E-state index is 5.92. The standard InChI is InChI=1S/C22H36N4O2/c1-23-22(24-12-6-14-28-21-10-15-27-16-11-21)25-17-20-9-5-13-26(20)18-19-7-3-2-4-8-19/h2-4,7-8,20-21H,5-6,9-18H2,1H3,(H2,23,24,25). The summed E-state index contributed by atoms with van der Waals surface area (Å²) in [5.74, 6) is 0.887. The molecule has 0 aromatic heterocycles. The highest BCUT2D eigenvalue weighted by Gasteiger charge is 2.24. The Bertz CT molecular complexity index is 575. The maximum absolute atomic E-state index is 5.92. The van der Waals surface area contributed by atoms with Gasteiger partial charge in [0.1, 0.15) is 0 Å². The van der Waals surface area contributed by atoms with Gasteiger partial charge in [0.2, 0.25) is 0 Å². The minimum atomic E-state index is 0.379. The first-order chi connectivity index (χ1) is 13.8. The van der Waals surface area contributed by atoms with E-state index in [0.29, 0.717) is 12.1 Å². The van der Waals surface area contributed by atoms with Crippen molar-refractivity contribution in [3.05, 3.63) is 35.9 Å². The van der Waals surface area contributed by atoms with Crippen LogP contribution in [0.4, 0.5) is 0 Å². The number of hydrogen-bond acceptors (Lipinski definition) is 4. The quantitative estimate of drug-likeness (QED) is 0.386. The van der Waals surface area contributed by atoms with Crippen LogP contribution in [0.15, 0.2) is 35.3 Å². The number of ether oxygens (including phenoxy) is 2. The number of nitrogens with one attached hydrogen (secondary N) is 2. The van der Waals surface area contributed by atoms with Crippen molar-refractivity contribution in [3.8, 4) is 0 Å². The minimum absolute atomic E-state index is 0.379. The molecular weight excluding hydrogens is 352 g/mol. The van der Waals surface area contributed by atoms with Crippen LogP contribution in [0.1, 0.15) is 37.7 Å². The average Bonchev–Trinajstić information content (AvgIpc) is 3.18. The molecule has 0 aliphatic carbocycles. The Labute approximate surface area is 169 Å². The lowest BCUT2D eigenvalue weighted by molar-refractivity contribution is -0.0320.